The lowest BCUT2D eigenvalue weighted by molar-refractivity contribution is -0.144. The minimum atomic E-state index is -1.28. The lowest BCUT2D eigenvalue weighted by atomic mass is 9.88. The molecule has 1 heterocycles. The van der Waals surface area contributed by atoms with Gasteiger partial charge in [-0.05, 0) is 54.8 Å². The van der Waals surface area contributed by atoms with E-state index in [9.17, 15) is 29.1 Å². The highest BCUT2D eigenvalue weighted by molar-refractivity contribution is 5.95. The van der Waals surface area contributed by atoms with E-state index in [1.165, 1.54) is 31.2 Å². The molecule has 0 spiro atoms. The standard InChI is InChI=1S/C41H61N5O8/c1-4-5-6-7-8-9-10-11-31(47)25-30(16-17-42)40(50)46(3)38-29-13-15-37(54-21-19-44)33(26-29)32-23-28(12-14-36(32)53-20-18-43)24-34(41(51)52)45-39(49)27(2)22-35(38)48/h12-15,23,26-27,30,34,38H,4-11,16-22,24-25,42-44H2,1-3H3,(H,45,49)(H,51,52)/t27-,30-,34+,38+/m1/s1. The zero-order chi connectivity index (χ0) is 39.6. The zero-order valence-electron chi connectivity index (χ0n) is 32.3. The van der Waals surface area contributed by atoms with E-state index >= 15 is 0 Å². The molecule has 3 rings (SSSR count). The Labute approximate surface area is 319 Å². The van der Waals surface area contributed by atoms with Crippen LogP contribution in [0.4, 0.5) is 0 Å². The molecule has 1 aliphatic rings. The van der Waals surface area contributed by atoms with E-state index in [2.05, 4.69) is 12.2 Å². The molecule has 0 aliphatic carbocycles. The first kappa shape index (κ1) is 44.1. The molecule has 8 N–H and O–H groups in total. The number of carbonyl (C=O) groups excluding carboxylic acids is 4. The van der Waals surface area contributed by atoms with Crippen LogP contribution in [0.25, 0.3) is 11.1 Å². The van der Waals surface area contributed by atoms with Crippen molar-refractivity contribution in [3.8, 4) is 22.6 Å². The van der Waals surface area contributed by atoms with Gasteiger partial charge in [0.05, 0.1) is 0 Å². The summed E-state index contributed by atoms with van der Waals surface area (Å²) < 4.78 is 12.1. The number of hydrogen-bond acceptors (Lipinski definition) is 10. The number of Topliss-reactive ketones (excluding diaryl/α,β-unsaturated/α-hetero) is 2. The highest BCUT2D eigenvalue weighted by atomic mass is 16.5. The smallest absolute Gasteiger partial charge is 0.326 e. The van der Waals surface area contributed by atoms with Crippen molar-refractivity contribution in [2.24, 2.45) is 29.0 Å². The van der Waals surface area contributed by atoms with Crippen molar-refractivity contribution >= 4 is 29.4 Å². The van der Waals surface area contributed by atoms with Gasteiger partial charge in [0.2, 0.25) is 11.8 Å². The normalized spacial score (nSPS) is 17.9. The fourth-order valence-corrected chi connectivity index (χ4v) is 6.90. The average molecular weight is 752 g/mol. The Bertz CT molecular complexity index is 1570. The number of aliphatic carboxylic acids is 1. The number of hydrogen-bond donors (Lipinski definition) is 5. The summed E-state index contributed by atoms with van der Waals surface area (Å²) in [5.74, 6) is -3.49. The van der Waals surface area contributed by atoms with Gasteiger partial charge in [0.25, 0.3) is 0 Å². The first-order chi connectivity index (χ1) is 25.9. The van der Waals surface area contributed by atoms with Crippen molar-refractivity contribution in [2.75, 3.05) is 39.9 Å². The first-order valence-corrected chi connectivity index (χ1v) is 19.4. The van der Waals surface area contributed by atoms with Crippen LogP contribution in [0.15, 0.2) is 36.4 Å². The van der Waals surface area contributed by atoms with Crippen molar-refractivity contribution in [2.45, 2.75) is 103 Å². The van der Waals surface area contributed by atoms with Crippen LogP contribution in [0.1, 0.15) is 102 Å². The van der Waals surface area contributed by atoms with Crippen LogP contribution >= 0.6 is 0 Å². The maximum Gasteiger partial charge on any atom is 0.326 e. The third-order valence-electron chi connectivity index (χ3n) is 9.85. The van der Waals surface area contributed by atoms with Gasteiger partial charge in [-0.25, -0.2) is 4.79 Å². The Balaban J connectivity index is 2.09. The molecule has 0 radical (unpaired) electrons. The molecule has 13 nitrogen and oxygen atoms in total. The van der Waals surface area contributed by atoms with Gasteiger partial charge in [-0.15, -0.1) is 0 Å². The number of rotatable bonds is 21. The van der Waals surface area contributed by atoms with Gasteiger partial charge in [0, 0.05) is 68.8 Å². The van der Waals surface area contributed by atoms with Gasteiger partial charge in [-0.2, -0.15) is 0 Å². The van der Waals surface area contributed by atoms with E-state index in [1.807, 2.05) is 0 Å². The molecule has 0 saturated heterocycles. The molecule has 4 bridgehead atoms. The number of carboxylic acid groups (broad SMARTS) is 1. The zero-order valence-corrected chi connectivity index (χ0v) is 32.3. The van der Waals surface area contributed by atoms with Crippen LogP contribution in [0.3, 0.4) is 0 Å². The molecule has 0 saturated carbocycles. The molecule has 2 amide bonds. The topological polar surface area (TPSA) is 217 Å². The highest BCUT2D eigenvalue weighted by Gasteiger charge is 2.36. The Morgan fingerprint density at radius 3 is 2.09 bits per heavy atom. The maximum absolute atomic E-state index is 14.4. The molecule has 1 aliphatic heterocycles. The second-order valence-corrected chi connectivity index (χ2v) is 14.3. The third kappa shape index (κ3) is 12.9. The number of likely N-dealkylation sites (N-methyl/N-ethyl adjacent to an activating group) is 1. The van der Waals surface area contributed by atoms with Crippen LogP contribution in [-0.2, 0) is 30.4 Å². The number of carboxylic acids is 1. The number of unbranched alkanes of at least 4 members (excludes halogenated alkanes) is 6. The van der Waals surface area contributed by atoms with Gasteiger partial charge in [-0.1, -0.05) is 64.5 Å². The molecule has 54 heavy (non-hydrogen) atoms. The molecule has 4 atom stereocenters. The number of ketones is 2. The molecule has 2 aromatic rings. The minimum absolute atomic E-state index is 0.0122. The van der Waals surface area contributed by atoms with Gasteiger partial charge in [0.1, 0.15) is 42.6 Å². The Kier molecular flexibility index (Phi) is 18.6. The average Bonchev–Trinajstić information content (AvgIpc) is 3.15. The summed E-state index contributed by atoms with van der Waals surface area (Å²) in [6.45, 7) is 4.74. The van der Waals surface area contributed by atoms with Crippen molar-refractivity contribution in [1.82, 2.24) is 10.2 Å². The number of nitrogens with one attached hydrogen (secondary N) is 1. The lowest BCUT2D eigenvalue weighted by Gasteiger charge is -2.32. The molecule has 2 aromatic carbocycles. The lowest BCUT2D eigenvalue weighted by Crippen LogP contribution is -2.45. The SMILES string of the molecule is CCCCCCCCCC(=O)C[C@@H](CCN)C(=O)N(C)[C@@H]1C(=O)C[C@@H](C)C(=O)N[C@H](C(=O)O)Cc2ccc(OCCN)c(c2)-c2cc1ccc2OCCN. The van der Waals surface area contributed by atoms with Crippen molar-refractivity contribution in [3.63, 3.8) is 0 Å². The predicted octanol–water partition coefficient (Wildman–Crippen LogP) is 4.31. The van der Waals surface area contributed by atoms with E-state index in [0.29, 0.717) is 40.2 Å². The minimum Gasteiger partial charge on any atom is -0.492 e. The summed E-state index contributed by atoms with van der Waals surface area (Å²) >= 11 is 0. The Morgan fingerprint density at radius 1 is 0.870 bits per heavy atom. The number of benzene rings is 2. The molecule has 0 unspecified atom stereocenters. The van der Waals surface area contributed by atoms with E-state index in [1.54, 1.807) is 43.3 Å². The van der Waals surface area contributed by atoms with E-state index in [0.717, 1.165) is 25.7 Å². The molecule has 13 heteroatoms. The largest absolute Gasteiger partial charge is 0.492 e. The Morgan fingerprint density at radius 2 is 1.48 bits per heavy atom. The first-order valence-electron chi connectivity index (χ1n) is 19.4. The molecule has 0 aromatic heterocycles. The van der Waals surface area contributed by atoms with Crippen LogP contribution < -0.4 is 32.0 Å². The fraction of sp³-hybridized carbons (Fsp3) is 0.585. The van der Waals surface area contributed by atoms with Crippen molar-refractivity contribution in [3.05, 3.63) is 47.5 Å². The summed E-state index contributed by atoms with van der Waals surface area (Å²) in [7, 11) is 1.53. The monoisotopic (exact) mass is 751 g/mol. The van der Waals surface area contributed by atoms with Crippen LogP contribution in [-0.4, -0.2) is 85.3 Å². The number of ether oxygens (including phenoxy) is 2. The summed E-state index contributed by atoms with van der Waals surface area (Å²) in [5.41, 5.74) is 19.6. The number of nitrogens with two attached hydrogens (primary N) is 3. The second-order valence-electron chi connectivity index (χ2n) is 14.3. The van der Waals surface area contributed by atoms with E-state index in [-0.39, 0.29) is 64.3 Å². The van der Waals surface area contributed by atoms with Gasteiger partial charge >= 0.3 is 5.97 Å². The fourth-order valence-electron chi connectivity index (χ4n) is 6.90. The quantitative estimate of drug-likeness (QED) is 0.113. The van der Waals surface area contributed by atoms with Crippen LogP contribution in [0.2, 0.25) is 0 Å². The van der Waals surface area contributed by atoms with Gasteiger partial charge in [0.15, 0.2) is 5.78 Å². The van der Waals surface area contributed by atoms with E-state index in [4.69, 9.17) is 26.7 Å². The summed E-state index contributed by atoms with van der Waals surface area (Å²) in [4.78, 5) is 68.8. The second kappa shape index (κ2) is 22.8. The van der Waals surface area contributed by atoms with Crippen molar-refractivity contribution < 1.29 is 38.6 Å². The predicted molar refractivity (Wildman–Crippen MR) is 208 cm³/mol. The summed E-state index contributed by atoms with van der Waals surface area (Å²) in [6, 6.07) is 7.89. The maximum atomic E-state index is 14.4. The Hall–Kier alpha value is -4.33. The number of carbonyl (C=O) groups is 5. The van der Waals surface area contributed by atoms with E-state index < -0.39 is 47.5 Å². The van der Waals surface area contributed by atoms with Gasteiger partial charge < -0.3 is 42.0 Å². The number of amides is 2. The van der Waals surface area contributed by atoms with Crippen molar-refractivity contribution in [1.29, 1.82) is 0 Å². The summed E-state index contributed by atoms with van der Waals surface area (Å²) in [5, 5.41) is 12.7. The van der Waals surface area contributed by atoms with Crippen LogP contribution in [0.5, 0.6) is 11.5 Å². The number of nitrogens with zero attached hydrogens (tertiary/aromatic N) is 1. The molecular formula is C41H61N5O8. The molecule has 298 valence electrons. The molecule has 0 fully saturated rings. The summed E-state index contributed by atoms with van der Waals surface area (Å²) in [6.07, 6.45) is 7.83. The number of fused-ring (bicyclic) bond motifs is 5. The highest BCUT2D eigenvalue weighted by Crippen LogP contribution is 2.40. The van der Waals surface area contributed by atoms with Gasteiger partial charge in [-0.3, -0.25) is 19.2 Å². The molecular weight excluding hydrogens is 690 g/mol. The third-order valence-corrected chi connectivity index (χ3v) is 9.85. The van der Waals surface area contributed by atoms with Crippen LogP contribution in [0, 0.1) is 11.8 Å².